The molecule has 1 fully saturated rings. The van der Waals surface area contributed by atoms with Gasteiger partial charge < -0.3 is 14.5 Å². The summed E-state index contributed by atoms with van der Waals surface area (Å²) in [4.78, 5) is 42.4. The number of nitrogens with zero attached hydrogens (tertiary/aromatic N) is 3. The van der Waals surface area contributed by atoms with Gasteiger partial charge in [-0.3, -0.25) is 14.9 Å². The maximum atomic E-state index is 12.5. The van der Waals surface area contributed by atoms with E-state index in [1.807, 2.05) is 0 Å². The molecule has 0 unspecified atom stereocenters. The number of rotatable bonds is 4. The zero-order valence-electron chi connectivity index (χ0n) is 14.8. The minimum absolute atomic E-state index is 0.0979. The Labute approximate surface area is 150 Å². The minimum Gasteiger partial charge on any atom is -0.484 e. The number of hydrogen-bond donors (Lipinski definition) is 0. The van der Waals surface area contributed by atoms with Gasteiger partial charge in [0, 0.05) is 13.1 Å². The zero-order chi connectivity index (χ0) is 18.8. The maximum Gasteiger partial charge on any atom is 0.434 e. The van der Waals surface area contributed by atoms with Crippen LogP contribution in [0.1, 0.15) is 49.0 Å². The highest BCUT2D eigenvalue weighted by Gasteiger charge is 2.39. The third-order valence-electron chi connectivity index (χ3n) is 4.35. The molecular formula is C17H21N3O6. The van der Waals surface area contributed by atoms with Gasteiger partial charge in [0.15, 0.2) is 5.75 Å². The standard InChI is InChI=1S/C17H21N3O6/c1-11(2)25-14-7-6-12-13(15(14)20(23)24)10-19(16(12)21)26-17(22)18-8-4-3-5-9-18/h6-7,11H,3-5,8-10H2,1-2H3. The van der Waals surface area contributed by atoms with Crippen molar-refractivity contribution in [1.82, 2.24) is 9.96 Å². The molecule has 0 atom stereocenters. The minimum atomic E-state index is -0.604. The van der Waals surface area contributed by atoms with Gasteiger partial charge in [-0.1, -0.05) is 0 Å². The molecule has 0 aliphatic carbocycles. The number of fused-ring (bicyclic) bond motifs is 1. The van der Waals surface area contributed by atoms with Crippen LogP contribution in [0.25, 0.3) is 0 Å². The second-order valence-electron chi connectivity index (χ2n) is 6.61. The molecule has 0 saturated carbocycles. The van der Waals surface area contributed by atoms with Crippen molar-refractivity contribution in [3.05, 3.63) is 33.4 Å². The third-order valence-corrected chi connectivity index (χ3v) is 4.35. The van der Waals surface area contributed by atoms with Gasteiger partial charge in [0.2, 0.25) is 0 Å². The number of hydroxylamine groups is 2. The van der Waals surface area contributed by atoms with E-state index >= 15 is 0 Å². The summed E-state index contributed by atoms with van der Waals surface area (Å²) in [6.45, 7) is 4.52. The van der Waals surface area contributed by atoms with Crippen LogP contribution in [-0.2, 0) is 11.4 Å². The van der Waals surface area contributed by atoms with Crippen molar-refractivity contribution < 1.29 is 24.1 Å². The van der Waals surface area contributed by atoms with Gasteiger partial charge in [0.05, 0.1) is 28.7 Å². The van der Waals surface area contributed by atoms with E-state index in [-0.39, 0.29) is 35.2 Å². The molecule has 0 radical (unpaired) electrons. The Morgan fingerprint density at radius 3 is 2.54 bits per heavy atom. The summed E-state index contributed by atoms with van der Waals surface area (Å²) in [5.74, 6) is -0.467. The fraction of sp³-hybridized carbons (Fsp3) is 0.529. The lowest BCUT2D eigenvalue weighted by atomic mass is 10.1. The van der Waals surface area contributed by atoms with E-state index in [9.17, 15) is 19.7 Å². The molecule has 2 heterocycles. The number of ether oxygens (including phenoxy) is 1. The first-order chi connectivity index (χ1) is 12.4. The van der Waals surface area contributed by atoms with Crippen LogP contribution in [0.5, 0.6) is 5.75 Å². The van der Waals surface area contributed by atoms with Gasteiger partial charge in [-0.15, -0.1) is 0 Å². The van der Waals surface area contributed by atoms with E-state index in [2.05, 4.69) is 0 Å². The fourth-order valence-corrected chi connectivity index (χ4v) is 3.18. The van der Waals surface area contributed by atoms with Crippen LogP contribution in [0.3, 0.4) is 0 Å². The van der Waals surface area contributed by atoms with Crippen LogP contribution in [0.15, 0.2) is 12.1 Å². The molecule has 26 heavy (non-hydrogen) atoms. The lowest BCUT2D eigenvalue weighted by molar-refractivity contribution is -0.386. The van der Waals surface area contributed by atoms with E-state index in [1.54, 1.807) is 18.7 Å². The Kier molecular flexibility index (Phi) is 4.97. The lowest BCUT2D eigenvalue weighted by Crippen LogP contribution is -2.40. The molecule has 1 aromatic rings. The number of nitro groups is 1. The molecule has 1 aromatic carbocycles. The molecule has 9 nitrogen and oxygen atoms in total. The second kappa shape index (κ2) is 7.19. The Morgan fingerprint density at radius 1 is 1.23 bits per heavy atom. The second-order valence-corrected chi connectivity index (χ2v) is 6.61. The Balaban J connectivity index is 1.82. The van der Waals surface area contributed by atoms with Crippen molar-refractivity contribution in [3.8, 4) is 5.75 Å². The van der Waals surface area contributed by atoms with Gasteiger partial charge in [0.25, 0.3) is 5.91 Å². The number of carbonyl (C=O) groups is 2. The number of hydrogen-bond acceptors (Lipinski definition) is 6. The van der Waals surface area contributed by atoms with Crippen LogP contribution in [0.4, 0.5) is 10.5 Å². The van der Waals surface area contributed by atoms with Gasteiger partial charge in [-0.2, -0.15) is 5.06 Å². The molecular weight excluding hydrogens is 342 g/mol. The van der Waals surface area contributed by atoms with Crippen molar-refractivity contribution in [1.29, 1.82) is 0 Å². The normalized spacial score (nSPS) is 16.7. The monoisotopic (exact) mass is 363 g/mol. The van der Waals surface area contributed by atoms with Crippen molar-refractivity contribution in [2.24, 2.45) is 0 Å². The molecule has 9 heteroatoms. The number of carbonyl (C=O) groups excluding carboxylic acids is 2. The Bertz CT molecular complexity index is 742. The van der Waals surface area contributed by atoms with Gasteiger partial charge in [-0.25, -0.2) is 4.79 Å². The maximum absolute atomic E-state index is 12.5. The highest BCUT2D eigenvalue weighted by molar-refractivity contribution is 6.00. The van der Waals surface area contributed by atoms with Crippen molar-refractivity contribution in [2.75, 3.05) is 13.1 Å². The van der Waals surface area contributed by atoms with Crippen LogP contribution >= 0.6 is 0 Å². The van der Waals surface area contributed by atoms with Crippen LogP contribution in [0, 0.1) is 10.1 Å². The van der Waals surface area contributed by atoms with Gasteiger partial charge in [0.1, 0.15) is 0 Å². The first-order valence-corrected chi connectivity index (χ1v) is 8.64. The summed E-state index contributed by atoms with van der Waals surface area (Å²) in [6, 6.07) is 2.88. The smallest absolute Gasteiger partial charge is 0.434 e. The molecule has 0 spiro atoms. The summed E-state index contributed by atoms with van der Waals surface area (Å²) in [5.41, 5.74) is 0.0879. The summed E-state index contributed by atoms with van der Waals surface area (Å²) in [7, 11) is 0. The number of likely N-dealkylation sites (tertiary alicyclic amines) is 1. The summed E-state index contributed by atoms with van der Waals surface area (Å²) in [6.07, 6.45) is 1.99. The molecule has 2 amide bonds. The highest BCUT2D eigenvalue weighted by atomic mass is 16.7. The molecule has 0 bridgehead atoms. The summed E-state index contributed by atoms with van der Waals surface area (Å²) in [5, 5.41) is 12.4. The zero-order valence-corrected chi connectivity index (χ0v) is 14.8. The fourth-order valence-electron chi connectivity index (χ4n) is 3.18. The first kappa shape index (κ1) is 18.0. The predicted octanol–water partition coefficient (Wildman–Crippen LogP) is 2.88. The van der Waals surface area contributed by atoms with E-state index in [0.29, 0.717) is 13.1 Å². The van der Waals surface area contributed by atoms with E-state index in [0.717, 1.165) is 24.3 Å². The highest BCUT2D eigenvalue weighted by Crippen LogP contribution is 2.38. The molecule has 1 saturated heterocycles. The molecule has 3 rings (SSSR count). The van der Waals surface area contributed by atoms with E-state index in [1.165, 1.54) is 12.1 Å². The predicted molar refractivity (Wildman–Crippen MR) is 90.6 cm³/mol. The lowest BCUT2D eigenvalue weighted by Gasteiger charge is -2.27. The number of amides is 2. The number of piperidine rings is 1. The molecule has 2 aliphatic rings. The quantitative estimate of drug-likeness (QED) is 0.602. The third kappa shape index (κ3) is 3.42. The van der Waals surface area contributed by atoms with Gasteiger partial charge >= 0.3 is 11.8 Å². The number of nitro benzene ring substituents is 1. The molecule has 2 aliphatic heterocycles. The molecule has 140 valence electrons. The largest absolute Gasteiger partial charge is 0.484 e. The van der Waals surface area contributed by atoms with E-state index in [4.69, 9.17) is 9.57 Å². The van der Waals surface area contributed by atoms with Crippen molar-refractivity contribution >= 4 is 17.7 Å². The van der Waals surface area contributed by atoms with Crippen LogP contribution in [0.2, 0.25) is 0 Å². The topological polar surface area (TPSA) is 102 Å². The molecule has 0 N–H and O–H groups in total. The SMILES string of the molecule is CC(C)Oc1ccc2c(c1[N+](=O)[O-])CN(OC(=O)N1CCCCC1)C2=O. The van der Waals surface area contributed by atoms with Crippen molar-refractivity contribution in [2.45, 2.75) is 45.8 Å². The van der Waals surface area contributed by atoms with Crippen LogP contribution in [-0.4, -0.2) is 46.1 Å². The summed E-state index contributed by atoms with van der Waals surface area (Å²) >= 11 is 0. The van der Waals surface area contributed by atoms with Crippen LogP contribution < -0.4 is 4.74 Å². The average molecular weight is 363 g/mol. The Morgan fingerprint density at radius 2 is 1.92 bits per heavy atom. The van der Waals surface area contributed by atoms with Crippen molar-refractivity contribution in [3.63, 3.8) is 0 Å². The number of benzene rings is 1. The first-order valence-electron chi connectivity index (χ1n) is 8.64. The van der Waals surface area contributed by atoms with Gasteiger partial charge in [-0.05, 0) is 45.2 Å². The molecule has 0 aromatic heterocycles. The Hall–Kier alpha value is -2.84. The average Bonchev–Trinajstić information content (AvgIpc) is 2.90. The summed E-state index contributed by atoms with van der Waals surface area (Å²) < 4.78 is 5.49. The van der Waals surface area contributed by atoms with E-state index < -0.39 is 16.9 Å².